The fourth-order valence-corrected chi connectivity index (χ4v) is 2.56. The number of nitrogens with one attached hydrogen (secondary N) is 1. The summed E-state index contributed by atoms with van der Waals surface area (Å²) in [6.07, 6.45) is 6.19. The van der Waals surface area contributed by atoms with Gasteiger partial charge in [0.05, 0.1) is 0 Å². The van der Waals surface area contributed by atoms with Crippen LogP contribution in [0, 0.1) is 5.82 Å². The van der Waals surface area contributed by atoms with E-state index in [9.17, 15) is 9.50 Å². The van der Waals surface area contributed by atoms with Crippen molar-refractivity contribution in [3.05, 3.63) is 29.6 Å². The van der Waals surface area contributed by atoms with Crippen molar-refractivity contribution >= 4 is 0 Å². The third kappa shape index (κ3) is 3.43. The average Bonchev–Trinajstić information content (AvgIpc) is 2.26. The Morgan fingerprint density at radius 3 is 2.59 bits per heavy atom. The van der Waals surface area contributed by atoms with Gasteiger partial charge in [-0.2, -0.15) is 0 Å². The Bertz CT molecular complexity index is 366. The molecule has 94 valence electrons. The zero-order chi connectivity index (χ0) is 12.3. The van der Waals surface area contributed by atoms with E-state index in [1.54, 1.807) is 6.07 Å². The van der Waals surface area contributed by atoms with Gasteiger partial charge in [-0.1, -0.05) is 19.3 Å². The summed E-state index contributed by atoms with van der Waals surface area (Å²) in [6, 6.07) is 4.22. The Hall–Kier alpha value is -1.09. The Balaban J connectivity index is 1.96. The second-order valence-corrected chi connectivity index (χ2v) is 5.29. The number of benzene rings is 1. The zero-order valence-electron chi connectivity index (χ0n) is 10.3. The predicted molar refractivity (Wildman–Crippen MR) is 66.4 cm³/mol. The van der Waals surface area contributed by atoms with E-state index in [0.29, 0.717) is 6.54 Å². The van der Waals surface area contributed by atoms with Crippen LogP contribution in [0.1, 0.15) is 44.6 Å². The number of phenolic OH excluding ortho intramolecular Hbond substituents is 1. The highest BCUT2D eigenvalue weighted by Gasteiger charge is 2.25. The third-order valence-electron chi connectivity index (χ3n) is 3.62. The Labute approximate surface area is 102 Å². The van der Waals surface area contributed by atoms with Gasteiger partial charge in [-0.25, -0.2) is 4.39 Å². The van der Waals surface area contributed by atoms with Crippen molar-refractivity contribution in [3.63, 3.8) is 0 Å². The zero-order valence-corrected chi connectivity index (χ0v) is 10.3. The molecule has 0 amide bonds. The molecule has 0 atom stereocenters. The number of halogens is 1. The van der Waals surface area contributed by atoms with E-state index >= 15 is 0 Å². The van der Waals surface area contributed by atoms with E-state index < -0.39 is 0 Å². The molecule has 2 rings (SSSR count). The first-order valence-corrected chi connectivity index (χ1v) is 6.31. The van der Waals surface area contributed by atoms with Crippen LogP contribution in [0.15, 0.2) is 18.2 Å². The molecule has 0 spiro atoms. The van der Waals surface area contributed by atoms with Gasteiger partial charge in [0.15, 0.2) is 0 Å². The fourth-order valence-electron chi connectivity index (χ4n) is 2.56. The molecule has 1 aliphatic carbocycles. The molecule has 0 bridgehead atoms. The minimum Gasteiger partial charge on any atom is -0.508 e. The quantitative estimate of drug-likeness (QED) is 0.845. The first kappa shape index (κ1) is 12.4. The van der Waals surface area contributed by atoms with Crippen LogP contribution in [0.5, 0.6) is 5.75 Å². The van der Waals surface area contributed by atoms with Crippen LogP contribution in [-0.2, 0) is 6.54 Å². The Morgan fingerprint density at radius 2 is 1.94 bits per heavy atom. The SMILES string of the molecule is CC1(NCc2cc(O)cc(F)c2)CCCCC1. The van der Waals surface area contributed by atoms with E-state index in [4.69, 9.17) is 0 Å². The maximum atomic E-state index is 13.1. The molecule has 1 aromatic rings. The highest BCUT2D eigenvalue weighted by Crippen LogP contribution is 2.28. The normalized spacial score (nSPS) is 19.2. The van der Waals surface area contributed by atoms with Crippen LogP contribution >= 0.6 is 0 Å². The average molecular weight is 237 g/mol. The van der Waals surface area contributed by atoms with Crippen LogP contribution in [0.3, 0.4) is 0 Å². The molecule has 0 heterocycles. The molecule has 1 fully saturated rings. The predicted octanol–water partition coefficient (Wildman–Crippen LogP) is 3.34. The number of hydrogen-bond acceptors (Lipinski definition) is 2. The van der Waals surface area contributed by atoms with Gasteiger partial charge in [0.1, 0.15) is 11.6 Å². The lowest BCUT2D eigenvalue weighted by Crippen LogP contribution is -2.43. The van der Waals surface area contributed by atoms with E-state index in [0.717, 1.165) is 11.6 Å². The summed E-state index contributed by atoms with van der Waals surface area (Å²) >= 11 is 0. The van der Waals surface area contributed by atoms with E-state index in [-0.39, 0.29) is 17.1 Å². The minimum atomic E-state index is -0.379. The molecule has 17 heavy (non-hydrogen) atoms. The molecule has 2 nitrogen and oxygen atoms in total. The molecular formula is C14H20FNO. The van der Waals surface area contributed by atoms with Gasteiger partial charge in [0, 0.05) is 18.2 Å². The van der Waals surface area contributed by atoms with E-state index in [2.05, 4.69) is 12.2 Å². The van der Waals surface area contributed by atoms with Gasteiger partial charge >= 0.3 is 0 Å². The minimum absolute atomic E-state index is 0.00408. The summed E-state index contributed by atoms with van der Waals surface area (Å²) in [5.41, 5.74) is 0.967. The molecule has 1 aliphatic rings. The smallest absolute Gasteiger partial charge is 0.127 e. The highest BCUT2D eigenvalue weighted by molar-refractivity contribution is 5.28. The van der Waals surface area contributed by atoms with Gasteiger partial charge in [0.2, 0.25) is 0 Å². The molecular weight excluding hydrogens is 217 g/mol. The van der Waals surface area contributed by atoms with Crippen molar-refractivity contribution in [3.8, 4) is 5.75 Å². The molecule has 2 N–H and O–H groups in total. The van der Waals surface area contributed by atoms with E-state index in [1.165, 1.54) is 38.2 Å². The van der Waals surface area contributed by atoms with E-state index in [1.807, 2.05) is 0 Å². The standard InChI is InChI=1S/C14H20FNO/c1-14(5-3-2-4-6-14)16-10-11-7-12(15)9-13(17)8-11/h7-9,16-17H,2-6,10H2,1H3. The fraction of sp³-hybridized carbons (Fsp3) is 0.571. The molecule has 0 unspecified atom stereocenters. The Morgan fingerprint density at radius 1 is 1.24 bits per heavy atom. The van der Waals surface area contributed by atoms with Crippen molar-refractivity contribution in [2.24, 2.45) is 0 Å². The summed E-state index contributed by atoms with van der Waals surface area (Å²) in [7, 11) is 0. The lowest BCUT2D eigenvalue weighted by atomic mass is 9.83. The molecule has 0 saturated heterocycles. The first-order valence-electron chi connectivity index (χ1n) is 6.31. The maximum Gasteiger partial charge on any atom is 0.127 e. The van der Waals surface area contributed by atoms with Crippen LogP contribution < -0.4 is 5.32 Å². The van der Waals surface area contributed by atoms with Crippen molar-refractivity contribution in [2.45, 2.75) is 51.1 Å². The largest absolute Gasteiger partial charge is 0.508 e. The monoisotopic (exact) mass is 237 g/mol. The van der Waals surface area contributed by atoms with Crippen molar-refractivity contribution in [2.75, 3.05) is 0 Å². The summed E-state index contributed by atoms with van der Waals surface area (Å²) in [5, 5.41) is 12.8. The number of rotatable bonds is 3. The van der Waals surface area contributed by atoms with Crippen molar-refractivity contribution in [1.29, 1.82) is 0 Å². The van der Waals surface area contributed by atoms with Crippen LogP contribution in [-0.4, -0.2) is 10.6 Å². The molecule has 0 aromatic heterocycles. The first-order chi connectivity index (χ1) is 8.07. The van der Waals surface area contributed by atoms with Gasteiger partial charge < -0.3 is 10.4 Å². The van der Waals surface area contributed by atoms with Gasteiger partial charge in [-0.3, -0.25) is 0 Å². The van der Waals surface area contributed by atoms with Crippen LogP contribution in [0.2, 0.25) is 0 Å². The topological polar surface area (TPSA) is 32.3 Å². The molecule has 0 aliphatic heterocycles. The number of hydrogen-bond donors (Lipinski definition) is 2. The van der Waals surface area contributed by atoms with Crippen LogP contribution in [0.4, 0.5) is 4.39 Å². The summed E-state index contributed by atoms with van der Waals surface area (Å²) in [4.78, 5) is 0. The van der Waals surface area contributed by atoms with Gasteiger partial charge in [0.25, 0.3) is 0 Å². The summed E-state index contributed by atoms with van der Waals surface area (Å²) < 4.78 is 13.1. The highest BCUT2D eigenvalue weighted by atomic mass is 19.1. The second-order valence-electron chi connectivity index (χ2n) is 5.29. The molecule has 1 aromatic carbocycles. The second kappa shape index (κ2) is 5.05. The van der Waals surface area contributed by atoms with Crippen LogP contribution in [0.25, 0.3) is 0 Å². The summed E-state index contributed by atoms with van der Waals surface area (Å²) in [5.74, 6) is -0.383. The van der Waals surface area contributed by atoms with Gasteiger partial charge in [-0.15, -0.1) is 0 Å². The molecule has 1 saturated carbocycles. The lowest BCUT2D eigenvalue weighted by Gasteiger charge is -2.34. The van der Waals surface area contributed by atoms with Crippen molar-refractivity contribution in [1.82, 2.24) is 5.32 Å². The Kier molecular flexibility index (Phi) is 3.67. The summed E-state index contributed by atoms with van der Waals surface area (Å²) in [6.45, 7) is 2.84. The third-order valence-corrected chi connectivity index (χ3v) is 3.62. The lowest BCUT2D eigenvalue weighted by molar-refractivity contribution is 0.252. The number of aromatic hydroxyl groups is 1. The van der Waals surface area contributed by atoms with Crippen molar-refractivity contribution < 1.29 is 9.50 Å². The maximum absolute atomic E-state index is 13.1. The van der Waals surface area contributed by atoms with Gasteiger partial charge in [-0.05, 0) is 37.5 Å². The molecule has 0 radical (unpaired) electrons. The molecule has 3 heteroatoms. The number of phenols is 1.